The fraction of sp³-hybridized carbons (Fsp3) is 0.286. The maximum absolute atomic E-state index is 13.9. The summed E-state index contributed by atoms with van der Waals surface area (Å²) >= 11 is 0. The number of anilines is 2. The Morgan fingerprint density at radius 1 is 1.57 bits per heavy atom. The van der Waals surface area contributed by atoms with Crippen molar-refractivity contribution in [2.75, 3.05) is 18.2 Å². The third kappa shape index (κ3) is 3.50. The predicted octanol–water partition coefficient (Wildman–Crippen LogP) is 1.89. The zero-order valence-corrected chi connectivity index (χ0v) is 11.8. The third-order valence-electron chi connectivity index (χ3n) is 2.97. The molecule has 1 aromatic carbocycles. The van der Waals surface area contributed by atoms with Gasteiger partial charge in [0.1, 0.15) is 5.82 Å². The average Bonchev–Trinajstić information content (AvgIpc) is 2.93. The third-order valence-corrected chi connectivity index (χ3v) is 2.97. The van der Waals surface area contributed by atoms with Crippen molar-refractivity contribution in [3.63, 3.8) is 0 Å². The maximum Gasteiger partial charge on any atom is 0.340 e. The Bertz CT molecular complexity index is 628. The van der Waals surface area contributed by atoms with E-state index in [0.717, 1.165) is 6.07 Å². The van der Waals surface area contributed by atoms with Crippen LogP contribution in [0.5, 0.6) is 0 Å². The molecule has 2 aromatic rings. The topological polar surface area (TPSA) is 82.2 Å². The molecule has 6 nitrogen and oxygen atoms in total. The van der Waals surface area contributed by atoms with Crippen molar-refractivity contribution >= 4 is 17.3 Å². The van der Waals surface area contributed by atoms with E-state index in [1.54, 1.807) is 10.9 Å². The van der Waals surface area contributed by atoms with Crippen LogP contribution in [0.25, 0.3) is 0 Å². The largest absolute Gasteiger partial charge is 0.465 e. The molecule has 0 radical (unpaired) electrons. The maximum atomic E-state index is 13.9. The Hall–Kier alpha value is -2.57. The molecule has 1 aromatic heterocycles. The zero-order valence-electron chi connectivity index (χ0n) is 11.8. The summed E-state index contributed by atoms with van der Waals surface area (Å²) in [5.74, 6) is -1.12. The molecule has 1 unspecified atom stereocenters. The van der Waals surface area contributed by atoms with Crippen molar-refractivity contribution in [2.24, 2.45) is 0 Å². The fourth-order valence-corrected chi connectivity index (χ4v) is 1.99. The number of hydrogen-bond acceptors (Lipinski definition) is 5. The summed E-state index contributed by atoms with van der Waals surface area (Å²) in [7, 11) is 1.25. The van der Waals surface area contributed by atoms with Crippen LogP contribution in [0.4, 0.5) is 15.8 Å². The Kier molecular flexibility index (Phi) is 4.42. The number of halogens is 1. The van der Waals surface area contributed by atoms with Crippen molar-refractivity contribution < 1.29 is 13.9 Å². The van der Waals surface area contributed by atoms with Gasteiger partial charge in [0.05, 0.1) is 24.9 Å². The van der Waals surface area contributed by atoms with E-state index in [1.807, 2.05) is 19.2 Å². The molecular formula is C14H17FN4O2. The molecule has 0 aliphatic rings. The summed E-state index contributed by atoms with van der Waals surface area (Å²) in [5.41, 5.74) is 6.00. The number of nitrogens with two attached hydrogens (primary N) is 1. The van der Waals surface area contributed by atoms with E-state index < -0.39 is 11.8 Å². The molecule has 0 saturated carbocycles. The molecule has 7 heteroatoms. The van der Waals surface area contributed by atoms with Crippen molar-refractivity contribution in [2.45, 2.75) is 19.5 Å². The van der Waals surface area contributed by atoms with Gasteiger partial charge in [-0.2, -0.15) is 5.10 Å². The Morgan fingerprint density at radius 3 is 2.95 bits per heavy atom. The number of carbonyl (C=O) groups is 1. The summed E-state index contributed by atoms with van der Waals surface area (Å²) in [6.07, 6.45) is 3.49. The van der Waals surface area contributed by atoms with E-state index in [2.05, 4.69) is 15.2 Å². The smallest absolute Gasteiger partial charge is 0.340 e. The van der Waals surface area contributed by atoms with E-state index in [4.69, 9.17) is 5.73 Å². The summed E-state index contributed by atoms with van der Waals surface area (Å²) in [6.45, 7) is 2.44. The van der Waals surface area contributed by atoms with E-state index in [0.29, 0.717) is 6.54 Å². The van der Waals surface area contributed by atoms with Crippen LogP contribution in [0.15, 0.2) is 30.6 Å². The number of hydrogen-bond donors (Lipinski definition) is 2. The van der Waals surface area contributed by atoms with Gasteiger partial charge in [-0.15, -0.1) is 0 Å². The highest BCUT2D eigenvalue weighted by Crippen LogP contribution is 2.23. The number of aromatic nitrogens is 2. The van der Waals surface area contributed by atoms with Crippen molar-refractivity contribution in [1.82, 2.24) is 9.78 Å². The molecule has 0 saturated heterocycles. The van der Waals surface area contributed by atoms with Gasteiger partial charge in [-0.3, -0.25) is 4.68 Å². The van der Waals surface area contributed by atoms with Crippen LogP contribution in [-0.4, -0.2) is 28.9 Å². The first-order valence-corrected chi connectivity index (χ1v) is 6.42. The van der Waals surface area contributed by atoms with Gasteiger partial charge in [-0.1, -0.05) is 0 Å². The van der Waals surface area contributed by atoms with Gasteiger partial charge < -0.3 is 15.8 Å². The van der Waals surface area contributed by atoms with Gasteiger partial charge in [0.25, 0.3) is 0 Å². The van der Waals surface area contributed by atoms with Crippen LogP contribution < -0.4 is 11.1 Å². The first-order valence-electron chi connectivity index (χ1n) is 6.42. The molecule has 0 bridgehead atoms. The van der Waals surface area contributed by atoms with Gasteiger partial charge in [0.15, 0.2) is 0 Å². The average molecular weight is 292 g/mol. The zero-order chi connectivity index (χ0) is 15.4. The van der Waals surface area contributed by atoms with E-state index >= 15 is 0 Å². The Morgan fingerprint density at radius 2 is 2.33 bits per heavy atom. The summed E-state index contributed by atoms with van der Waals surface area (Å²) in [6, 6.07) is 4.19. The monoisotopic (exact) mass is 292 g/mol. The van der Waals surface area contributed by atoms with Crippen LogP contribution in [0.1, 0.15) is 17.3 Å². The standard InChI is InChI=1S/C14H17FN4O2/c1-9(8-19-5-3-4-17-19)18-13-6-10(14(20)21-2)12(16)7-11(13)15/h3-7,9,18H,8,16H2,1-2H3. The van der Waals surface area contributed by atoms with Gasteiger partial charge in [-0.05, 0) is 25.1 Å². The highest BCUT2D eigenvalue weighted by atomic mass is 19.1. The number of carbonyl (C=O) groups excluding carboxylic acids is 1. The molecule has 0 amide bonds. The molecule has 2 rings (SSSR count). The second kappa shape index (κ2) is 6.25. The summed E-state index contributed by atoms with van der Waals surface area (Å²) in [4.78, 5) is 11.6. The second-order valence-corrected chi connectivity index (χ2v) is 4.68. The fourth-order valence-electron chi connectivity index (χ4n) is 1.99. The first kappa shape index (κ1) is 14.8. The van der Waals surface area contributed by atoms with Gasteiger partial charge >= 0.3 is 5.97 Å². The molecular weight excluding hydrogens is 275 g/mol. The van der Waals surface area contributed by atoms with E-state index in [-0.39, 0.29) is 23.0 Å². The predicted molar refractivity (Wildman–Crippen MR) is 77.5 cm³/mol. The van der Waals surface area contributed by atoms with Gasteiger partial charge in [0.2, 0.25) is 0 Å². The lowest BCUT2D eigenvalue weighted by Crippen LogP contribution is -2.23. The van der Waals surface area contributed by atoms with Crippen molar-refractivity contribution in [3.05, 3.63) is 42.0 Å². The van der Waals surface area contributed by atoms with E-state index in [9.17, 15) is 9.18 Å². The van der Waals surface area contributed by atoms with Crippen LogP contribution in [0, 0.1) is 5.82 Å². The van der Waals surface area contributed by atoms with Crippen LogP contribution in [0.2, 0.25) is 0 Å². The van der Waals surface area contributed by atoms with E-state index in [1.165, 1.54) is 13.2 Å². The second-order valence-electron chi connectivity index (χ2n) is 4.68. The molecule has 0 aliphatic heterocycles. The van der Waals surface area contributed by atoms with Gasteiger partial charge in [0, 0.05) is 24.1 Å². The summed E-state index contributed by atoms with van der Waals surface area (Å²) < 4.78 is 20.3. The minimum Gasteiger partial charge on any atom is -0.465 e. The highest BCUT2D eigenvalue weighted by Gasteiger charge is 2.16. The molecule has 3 N–H and O–H groups in total. The number of rotatable bonds is 5. The quantitative estimate of drug-likeness (QED) is 0.649. The lowest BCUT2D eigenvalue weighted by Gasteiger charge is -2.17. The SMILES string of the molecule is COC(=O)c1cc(NC(C)Cn2cccn2)c(F)cc1N. The molecule has 0 fully saturated rings. The normalized spacial score (nSPS) is 12.0. The molecule has 0 spiro atoms. The molecule has 1 atom stereocenters. The minimum atomic E-state index is -0.602. The first-order chi connectivity index (χ1) is 10.0. The number of benzene rings is 1. The number of methoxy groups -OCH3 is 1. The number of esters is 1. The number of nitrogen functional groups attached to an aromatic ring is 1. The van der Waals surface area contributed by atoms with Gasteiger partial charge in [-0.25, -0.2) is 9.18 Å². The molecule has 21 heavy (non-hydrogen) atoms. The van der Waals surface area contributed by atoms with Crippen molar-refractivity contribution in [3.8, 4) is 0 Å². The molecule has 0 aliphatic carbocycles. The number of nitrogens with zero attached hydrogens (tertiary/aromatic N) is 2. The number of ether oxygens (including phenoxy) is 1. The summed E-state index contributed by atoms with van der Waals surface area (Å²) in [5, 5.41) is 7.08. The Labute approximate surface area is 121 Å². The minimum absolute atomic E-state index is 0.0460. The Balaban J connectivity index is 2.17. The van der Waals surface area contributed by atoms with Crippen LogP contribution in [-0.2, 0) is 11.3 Å². The molecule has 1 heterocycles. The highest BCUT2D eigenvalue weighted by molar-refractivity contribution is 5.96. The van der Waals surface area contributed by atoms with Crippen LogP contribution in [0.3, 0.4) is 0 Å². The van der Waals surface area contributed by atoms with Crippen LogP contribution >= 0.6 is 0 Å². The number of nitrogens with one attached hydrogen (secondary N) is 1. The lowest BCUT2D eigenvalue weighted by molar-refractivity contribution is 0.0602. The molecule has 112 valence electrons. The lowest BCUT2D eigenvalue weighted by atomic mass is 10.1. The van der Waals surface area contributed by atoms with Crippen molar-refractivity contribution in [1.29, 1.82) is 0 Å².